The third-order valence-corrected chi connectivity index (χ3v) is 5.36. The predicted molar refractivity (Wildman–Crippen MR) is 110 cm³/mol. The predicted octanol–water partition coefficient (Wildman–Crippen LogP) is 3.57. The average molecular weight is 415 g/mol. The van der Waals surface area contributed by atoms with Crippen LogP contribution in [0.3, 0.4) is 0 Å². The van der Waals surface area contributed by atoms with Gasteiger partial charge in [-0.3, -0.25) is 14.4 Å². The molecule has 1 aliphatic heterocycles. The maximum absolute atomic E-state index is 12.5. The molecular weight excluding hydrogens is 392 g/mol. The number of benzene rings is 2. The van der Waals surface area contributed by atoms with Gasteiger partial charge in [-0.05, 0) is 37.1 Å². The van der Waals surface area contributed by atoms with Crippen molar-refractivity contribution in [2.24, 2.45) is 5.92 Å². The number of rotatable bonds is 6. The minimum atomic E-state index is -0.987. The molecule has 6 nitrogen and oxygen atoms in total. The van der Waals surface area contributed by atoms with Crippen LogP contribution in [0.25, 0.3) is 0 Å². The van der Waals surface area contributed by atoms with Gasteiger partial charge in [0.05, 0.1) is 5.92 Å². The van der Waals surface area contributed by atoms with Crippen LogP contribution in [0.15, 0.2) is 48.5 Å². The SMILES string of the molecule is Cc1c(Cl)cccc1NC(=O)[C@H](C)OC(=O)[C@H]1CC(=O)N(Cc2ccccc2)C1. The van der Waals surface area contributed by atoms with Crippen LogP contribution in [-0.4, -0.2) is 35.3 Å². The van der Waals surface area contributed by atoms with Gasteiger partial charge in [0, 0.05) is 30.2 Å². The molecular formula is C22H23ClN2O4. The highest BCUT2D eigenvalue weighted by molar-refractivity contribution is 6.31. The molecule has 0 spiro atoms. The van der Waals surface area contributed by atoms with Crippen molar-refractivity contribution in [2.45, 2.75) is 32.9 Å². The summed E-state index contributed by atoms with van der Waals surface area (Å²) in [5.41, 5.74) is 2.30. The highest BCUT2D eigenvalue weighted by Gasteiger charge is 2.36. The van der Waals surface area contributed by atoms with E-state index in [1.54, 1.807) is 30.0 Å². The second-order valence-corrected chi connectivity index (χ2v) is 7.55. The summed E-state index contributed by atoms with van der Waals surface area (Å²) in [7, 11) is 0. The molecule has 0 unspecified atom stereocenters. The van der Waals surface area contributed by atoms with Crippen molar-refractivity contribution in [1.29, 1.82) is 0 Å². The Bertz CT molecular complexity index is 916. The second-order valence-electron chi connectivity index (χ2n) is 7.14. The van der Waals surface area contributed by atoms with E-state index in [-0.39, 0.29) is 18.9 Å². The first kappa shape index (κ1) is 20.9. The monoisotopic (exact) mass is 414 g/mol. The lowest BCUT2D eigenvalue weighted by Crippen LogP contribution is -2.33. The number of anilines is 1. The number of hydrogen-bond donors (Lipinski definition) is 1. The quantitative estimate of drug-likeness (QED) is 0.733. The molecule has 2 amide bonds. The van der Waals surface area contributed by atoms with Crippen LogP contribution in [0.2, 0.25) is 5.02 Å². The lowest BCUT2D eigenvalue weighted by molar-refractivity contribution is -0.157. The van der Waals surface area contributed by atoms with Gasteiger partial charge in [-0.25, -0.2) is 0 Å². The fourth-order valence-electron chi connectivity index (χ4n) is 3.19. The third-order valence-electron chi connectivity index (χ3n) is 4.95. The van der Waals surface area contributed by atoms with Gasteiger partial charge in [-0.2, -0.15) is 0 Å². The number of nitrogens with zero attached hydrogens (tertiary/aromatic N) is 1. The van der Waals surface area contributed by atoms with Crippen LogP contribution in [0, 0.1) is 12.8 Å². The number of hydrogen-bond acceptors (Lipinski definition) is 4. The molecule has 0 aliphatic carbocycles. The largest absolute Gasteiger partial charge is 0.452 e. The lowest BCUT2D eigenvalue weighted by atomic mass is 10.1. The van der Waals surface area contributed by atoms with Crippen molar-refractivity contribution in [1.82, 2.24) is 4.90 Å². The van der Waals surface area contributed by atoms with Crippen LogP contribution >= 0.6 is 11.6 Å². The molecule has 0 aromatic heterocycles. The van der Waals surface area contributed by atoms with Crippen LogP contribution in [0.5, 0.6) is 0 Å². The van der Waals surface area contributed by atoms with E-state index in [0.29, 0.717) is 17.3 Å². The van der Waals surface area contributed by atoms with Crippen molar-refractivity contribution in [3.8, 4) is 0 Å². The maximum atomic E-state index is 12.5. The number of ether oxygens (including phenoxy) is 1. The number of amides is 2. The van der Waals surface area contributed by atoms with E-state index in [1.807, 2.05) is 30.3 Å². The van der Waals surface area contributed by atoms with Crippen LogP contribution in [0.1, 0.15) is 24.5 Å². The van der Waals surface area contributed by atoms with Crippen molar-refractivity contribution < 1.29 is 19.1 Å². The Balaban J connectivity index is 1.54. The Morgan fingerprint density at radius 2 is 1.93 bits per heavy atom. The Morgan fingerprint density at radius 1 is 1.21 bits per heavy atom. The molecule has 7 heteroatoms. The van der Waals surface area contributed by atoms with E-state index in [0.717, 1.165) is 11.1 Å². The van der Waals surface area contributed by atoms with Gasteiger partial charge in [-0.15, -0.1) is 0 Å². The molecule has 0 saturated carbocycles. The molecule has 2 aromatic carbocycles. The van der Waals surface area contributed by atoms with Crippen molar-refractivity contribution in [3.63, 3.8) is 0 Å². The standard InChI is InChI=1S/C22H23ClN2O4/c1-14-18(23)9-6-10-19(14)24-21(27)15(2)29-22(28)17-11-20(26)25(13-17)12-16-7-4-3-5-8-16/h3-10,15,17H,11-13H2,1-2H3,(H,24,27)/t15-,17-/m0/s1. The van der Waals surface area contributed by atoms with Gasteiger partial charge < -0.3 is 15.0 Å². The van der Waals surface area contributed by atoms with E-state index in [2.05, 4.69) is 5.32 Å². The topological polar surface area (TPSA) is 75.7 Å². The summed E-state index contributed by atoms with van der Waals surface area (Å²) in [5, 5.41) is 3.26. The van der Waals surface area contributed by atoms with E-state index in [9.17, 15) is 14.4 Å². The molecule has 0 radical (unpaired) electrons. The first-order valence-corrected chi connectivity index (χ1v) is 9.81. The van der Waals surface area contributed by atoms with Gasteiger partial charge in [0.2, 0.25) is 5.91 Å². The van der Waals surface area contributed by atoms with Gasteiger partial charge in [-0.1, -0.05) is 48.0 Å². The first-order chi connectivity index (χ1) is 13.8. The summed E-state index contributed by atoms with van der Waals surface area (Å²) in [4.78, 5) is 38.8. The number of halogens is 1. The fraction of sp³-hybridized carbons (Fsp3) is 0.318. The van der Waals surface area contributed by atoms with E-state index in [1.165, 1.54) is 6.92 Å². The number of likely N-dealkylation sites (tertiary alicyclic amines) is 1. The normalized spacial score (nSPS) is 17.1. The van der Waals surface area contributed by atoms with Crippen LogP contribution in [0.4, 0.5) is 5.69 Å². The Hall–Kier alpha value is -2.86. The lowest BCUT2D eigenvalue weighted by Gasteiger charge is -2.18. The van der Waals surface area contributed by atoms with Crippen molar-refractivity contribution >= 4 is 35.1 Å². The molecule has 152 valence electrons. The Morgan fingerprint density at radius 3 is 2.66 bits per heavy atom. The Labute approximate surface area is 174 Å². The Kier molecular flexibility index (Phi) is 6.54. The van der Waals surface area contributed by atoms with E-state index in [4.69, 9.17) is 16.3 Å². The van der Waals surface area contributed by atoms with E-state index < -0.39 is 23.9 Å². The molecule has 1 saturated heterocycles. The van der Waals surface area contributed by atoms with Crippen LogP contribution in [-0.2, 0) is 25.7 Å². The molecule has 3 rings (SSSR count). The number of esters is 1. The van der Waals surface area contributed by atoms with Gasteiger partial charge >= 0.3 is 5.97 Å². The molecule has 1 fully saturated rings. The van der Waals surface area contributed by atoms with Gasteiger partial charge in [0.15, 0.2) is 6.10 Å². The second kappa shape index (κ2) is 9.09. The van der Waals surface area contributed by atoms with Crippen molar-refractivity contribution in [2.75, 3.05) is 11.9 Å². The smallest absolute Gasteiger partial charge is 0.312 e. The van der Waals surface area contributed by atoms with Crippen LogP contribution < -0.4 is 5.32 Å². The molecule has 0 bridgehead atoms. The minimum absolute atomic E-state index is 0.0907. The summed E-state index contributed by atoms with van der Waals surface area (Å²) >= 11 is 6.06. The maximum Gasteiger partial charge on any atom is 0.312 e. The summed E-state index contributed by atoms with van der Waals surface area (Å²) in [6, 6.07) is 14.8. The third kappa shape index (κ3) is 5.15. The van der Waals surface area contributed by atoms with Crippen molar-refractivity contribution in [3.05, 3.63) is 64.7 Å². The molecule has 2 aromatic rings. The zero-order valence-electron chi connectivity index (χ0n) is 16.4. The first-order valence-electron chi connectivity index (χ1n) is 9.43. The highest BCUT2D eigenvalue weighted by Crippen LogP contribution is 2.24. The average Bonchev–Trinajstić information content (AvgIpc) is 3.06. The van der Waals surface area contributed by atoms with E-state index >= 15 is 0 Å². The summed E-state index contributed by atoms with van der Waals surface area (Å²) < 4.78 is 5.32. The highest BCUT2D eigenvalue weighted by atomic mass is 35.5. The molecule has 1 aliphatic rings. The van der Waals surface area contributed by atoms with Gasteiger partial charge in [0.25, 0.3) is 5.91 Å². The molecule has 2 atom stereocenters. The summed E-state index contributed by atoms with van der Waals surface area (Å²) in [5.74, 6) is -1.66. The number of carbonyl (C=O) groups is 3. The molecule has 29 heavy (non-hydrogen) atoms. The zero-order valence-corrected chi connectivity index (χ0v) is 17.1. The minimum Gasteiger partial charge on any atom is -0.452 e. The zero-order chi connectivity index (χ0) is 21.0. The number of nitrogens with one attached hydrogen (secondary N) is 1. The summed E-state index contributed by atoms with van der Waals surface area (Å²) in [6.07, 6.45) is -0.896. The summed E-state index contributed by atoms with van der Waals surface area (Å²) in [6.45, 7) is 4.04. The molecule has 1 heterocycles. The fourth-order valence-corrected chi connectivity index (χ4v) is 3.36. The molecule has 1 N–H and O–H groups in total. The van der Waals surface area contributed by atoms with Gasteiger partial charge in [0.1, 0.15) is 0 Å². The number of carbonyl (C=O) groups excluding carboxylic acids is 3.